The minimum atomic E-state index is -2.87. The van der Waals surface area contributed by atoms with Gasteiger partial charge in [-0.15, -0.1) is 0 Å². The van der Waals surface area contributed by atoms with Gasteiger partial charge in [-0.1, -0.05) is 12.1 Å². The van der Waals surface area contributed by atoms with Crippen LogP contribution in [0, 0.1) is 0 Å². The van der Waals surface area contributed by atoms with Gasteiger partial charge in [0.05, 0.1) is 59.5 Å². The van der Waals surface area contributed by atoms with Gasteiger partial charge in [0.25, 0.3) is 12.3 Å². The maximum Gasteiger partial charge on any atom is 0.284 e. The number of aromatic nitrogens is 7. The van der Waals surface area contributed by atoms with Crippen LogP contribution in [0.5, 0.6) is 0 Å². The Hall–Kier alpha value is -5.49. The van der Waals surface area contributed by atoms with Gasteiger partial charge in [-0.25, -0.2) is 18.3 Å². The van der Waals surface area contributed by atoms with Crippen molar-refractivity contribution in [3.63, 3.8) is 0 Å². The molecule has 5 aromatic rings. The van der Waals surface area contributed by atoms with Crippen molar-refractivity contribution in [2.24, 2.45) is 7.05 Å². The summed E-state index contributed by atoms with van der Waals surface area (Å²) < 4.78 is 39.2. The van der Waals surface area contributed by atoms with Crippen molar-refractivity contribution in [3.8, 4) is 0 Å². The number of fused-ring (bicyclic) bond motifs is 4. The van der Waals surface area contributed by atoms with Gasteiger partial charge >= 0.3 is 0 Å². The first-order valence-electron chi connectivity index (χ1n) is 18.9. The number of nitrogens with one attached hydrogen (secondary N) is 2. The average Bonchev–Trinajstić information content (AvgIpc) is 4.00. The zero-order valence-corrected chi connectivity index (χ0v) is 30.1. The summed E-state index contributed by atoms with van der Waals surface area (Å²) in [5.41, 5.74) is 2.76. The summed E-state index contributed by atoms with van der Waals surface area (Å²) in [6.07, 6.45) is 5.12. The fourth-order valence-corrected chi connectivity index (χ4v) is 9.11. The molecule has 1 aromatic carbocycles. The van der Waals surface area contributed by atoms with Crippen LogP contribution < -0.4 is 20.4 Å². The van der Waals surface area contributed by atoms with Crippen LogP contribution in [0.15, 0.2) is 42.9 Å². The molecule has 0 aliphatic carbocycles. The summed E-state index contributed by atoms with van der Waals surface area (Å²) in [5, 5.41) is 19.3. The second-order valence-electron chi connectivity index (χ2n) is 15.3. The van der Waals surface area contributed by atoms with E-state index in [9.17, 15) is 23.2 Å². The summed E-state index contributed by atoms with van der Waals surface area (Å²) >= 11 is 0. The molecular formula is C37H40F2N12O4. The summed E-state index contributed by atoms with van der Waals surface area (Å²) in [5.74, 6) is -0.862. The van der Waals surface area contributed by atoms with Crippen molar-refractivity contribution in [1.29, 1.82) is 0 Å². The number of hydrogen-bond donors (Lipinski definition) is 2. The molecule has 9 heterocycles. The summed E-state index contributed by atoms with van der Waals surface area (Å²) in [6, 6.07) is 8.39. The van der Waals surface area contributed by atoms with Crippen LogP contribution in [-0.2, 0) is 21.4 Å². The van der Waals surface area contributed by atoms with E-state index in [4.69, 9.17) is 14.8 Å². The van der Waals surface area contributed by atoms with Gasteiger partial charge in [-0.3, -0.25) is 34.0 Å². The molecule has 55 heavy (non-hydrogen) atoms. The number of imide groups is 1. The van der Waals surface area contributed by atoms with Crippen molar-refractivity contribution in [1.82, 2.24) is 44.4 Å². The lowest BCUT2D eigenvalue weighted by Crippen LogP contribution is -2.61. The van der Waals surface area contributed by atoms with Gasteiger partial charge in [0.15, 0.2) is 11.3 Å². The van der Waals surface area contributed by atoms with Gasteiger partial charge in [-0.05, 0) is 37.8 Å². The third-order valence-electron chi connectivity index (χ3n) is 12.0. The van der Waals surface area contributed by atoms with Crippen LogP contribution in [0.3, 0.4) is 0 Å². The van der Waals surface area contributed by atoms with Crippen LogP contribution in [-0.4, -0.2) is 114 Å². The molecule has 18 heteroatoms. The van der Waals surface area contributed by atoms with Crippen LogP contribution in [0.1, 0.15) is 72.2 Å². The van der Waals surface area contributed by atoms with Gasteiger partial charge in [0, 0.05) is 70.0 Å². The fourth-order valence-electron chi connectivity index (χ4n) is 9.11. The number of alkyl halides is 2. The Bertz CT molecular complexity index is 2340. The van der Waals surface area contributed by atoms with E-state index in [-0.39, 0.29) is 41.3 Å². The number of para-hydroxylation sites is 1. The number of carbonyl (C=O) groups excluding carboxylic acids is 3. The molecule has 3 amide bonds. The van der Waals surface area contributed by atoms with Gasteiger partial charge in [0.1, 0.15) is 11.4 Å². The molecule has 1 unspecified atom stereocenters. The molecule has 0 radical (unpaired) electrons. The number of hydrogen-bond acceptors (Lipinski definition) is 11. The van der Waals surface area contributed by atoms with Crippen LogP contribution in [0.2, 0.25) is 0 Å². The quantitative estimate of drug-likeness (QED) is 0.224. The van der Waals surface area contributed by atoms with E-state index in [1.165, 1.54) is 16.9 Å². The highest BCUT2D eigenvalue weighted by Gasteiger charge is 2.40. The van der Waals surface area contributed by atoms with Crippen molar-refractivity contribution < 1.29 is 27.9 Å². The molecule has 5 aliphatic rings. The van der Waals surface area contributed by atoms with Crippen molar-refractivity contribution in [3.05, 3.63) is 59.8 Å². The van der Waals surface area contributed by atoms with E-state index in [0.717, 1.165) is 74.4 Å². The highest BCUT2D eigenvalue weighted by molar-refractivity contribution is 6.08. The van der Waals surface area contributed by atoms with E-state index in [1.807, 2.05) is 29.9 Å². The first kappa shape index (κ1) is 34.0. The monoisotopic (exact) mass is 754 g/mol. The third kappa shape index (κ3) is 5.80. The number of nitrogens with zero attached hydrogens (tertiary/aromatic N) is 10. The Morgan fingerprint density at radius 1 is 1.04 bits per heavy atom. The van der Waals surface area contributed by atoms with E-state index < -0.39 is 23.9 Å². The fraction of sp³-hybridized carbons (Fsp3) is 0.486. The predicted molar refractivity (Wildman–Crippen MR) is 195 cm³/mol. The minimum Gasteiger partial charge on any atom is -0.374 e. The standard InChI is InChI=1S/C37H40F2N12O4/c1-46-33-24(31(44-46)25-5-6-30(52)43-36(25)53)3-2-4-28(33)48-15-22(16-48)47-10-7-20(8-11-47)51-18-27(32(45-51)34(38)39)41-37(54)26-14-40-50-12-9-29(42-35(26)50)49-17-23-13-21(49)19-55-23/h2-4,9,12,14,18,20-23,25,34H,5-8,10-11,13,15-17,19H2,1H3,(H,41,54)(H,43,52,53)/t21-,23-,25?/m1/s1. The Kier molecular flexibility index (Phi) is 8.09. The maximum atomic E-state index is 14.3. The Morgan fingerprint density at radius 3 is 2.62 bits per heavy atom. The number of piperidine rings is 2. The molecule has 0 saturated carbocycles. The first-order chi connectivity index (χ1) is 26.7. The summed E-state index contributed by atoms with van der Waals surface area (Å²) in [4.78, 5) is 49.6. The maximum absolute atomic E-state index is 14.3. The van der Waals surface area contributed by atoms with Crippen LogP contribution >= 0.6 is 0 Å². The lowest BCUT2D eigenvalue weighted by atomic mass is 9.92. The number of anilines is 3. The zero-order valence-electron chi connectivity index (χ0n) is 30.1. The molecule has 5 aliphatic heterocycles. The zero-order chi connectivity index (χ0) is 37.5. The minimum absolute atomic E-state index is 0.0216. The number of carbonyl (C=O) groups is 3. The van der Waals surface area contributed by atoms with Crippen LogP contribution in [0.4, 0.5) is 26.0 Å². The van der Waals surface area contributed by atoms with Gasteiger partial charge in [-0.2, -0.15) is 15.3 Å². The average molecular weight is 755 g/mol. The Morgan fingerprint density at radius 2 is 1.87 bits per heavy atom. The Balaban J connectivity index is 0.790. The predicted octanol–water partition coefficient (Wildman–Crippen LogP) is 3.03. The topological polar surface area (TPSA) is 160 Å². The lowest BCUT2D eigenvalue weighted by molar-refractivity contribution is -0.134. The molecule has 2 N–H and O–H groups in total. The van der Waals surface area contributed by atoms with Crippen molar-refractivity contribution in [2.45, 2.75) is 68.7 Å². The van der Waals surface area contributed by atoms with Gasteiger partial charge in [0.2, 0.25) is 11.8 Å². The molecule has 16 nitrogen and oxygen atoms in total. The van der Waals surface area contributed by atoms with Crippen molar-refractivity contribution >= 4 is 51.5 Å². The number of amides is 3. The molecule has 5 fully saturated rings. The molecule has 286 valence electrons. The normalized spacial score (nSPS) is 23.7. The van der Waals surface area contributed by atoms with Gasteiger partial charge < -0.3 is 19.9 Å². The smallest absolute Gasteiger partial charge is 0.284 e. The number of ether oxygens (including phenoxy) is 1. The second-order valence-corrected chi connectivity index (χ2v) is 15.3. The molecular weight excluding hydrogens is 714 g/mol. The third-order valence-corrected chi connectivity index (χ3v) is 12.0. The number of morpholine rings is 1. The van der Waals surface area contributed by atoms with Crippen molar-refractivity contribution in [2.75, 3.05) is 54.4 Å². The molecule has 2 bridgehead atoms. The molecule has 0 spiro atoms. The number of halogens is 2. The second kappa shape index (κ2) is 13.1. The highest BCUT2D eigenvalue weighted by Crippen LogP contribution is 2.38. The van der Waals surface area contributed by atoms with E-state index in [0.29, 0.717) is 36.8 Å². The molecule has 3 atom stereocenters. The molecule has 4 aromatic heterocycles. The number of likely N-dealkylation sites (tertiary alicyclic amines) is 1. The number of benzene rings is 1. The van der Waals surface area contributed by atoms with E-state index >= 15 is 0 Å². The van der Waals surface area contributed by atoms with Crippen LogP contribution in [0.25, 0.3) is 16.6 Å². The highest BCUT2D eigenvalue weighted by atomic mass is 19.3. The molecule has 5 saturated heterocycles. The summed E-state index contributed by atoms with van der Waals surface area (Å²) in [6.45, 7) is 4.59. The Labute approximate surface area is 313 Å². The first-order valence-corrected chi connectivity index (χ1v) is 18.9. The number of rotatable bonds is 8. The number of aryl methyl sites for hydroxylation is 1. The lowest BCUT2D eigenvalue weighted by Gasteiger charge is -2.48. The molecule has 10 rings (SSSR count). The largest absolute Gasteiger partial charge is 0.374 e. The van der Waals surface area contributed by atoms with E-state index in [2.05, 4.69) is 41.6 Å². The SMILES string of the molecule is Cn1nc(C2CCC(=O)NC2=O)c2cccc(N3CC(N4CCC(n5cc(NC(=O)c6cnn7ccc(N8C[C@H]9C[C@@H]8CO9)nc67)c(C(F)F)n5)CC4)C3)c21. The summed E-state index contributed by atoms with van der Waals surface area (Å²) in [7, 11) is 1.88. The van der Waals surface area contributed by atoms with E-state index in [1.54, 1.807) is 10.9 Å².